The number of nitrogens with zero attached hydrogens (tertiary/aromatic N) is 3. The average molecular weight is 730 g/mol. The van der Waals surface area contributed by atoms with E-state index in [1.807, 2.05) is 35.6 Å². The van der Waals surface area contributed by atoms with Crippen LogP contribution in [0.15, 0.2) is 188 Å². The first-order valence-corrected chi connectivity index (χ1v) is 19.8. The lowest BCUT2D eigenvalue weighted by atomic mass is 9.94. The Kier molecular flexibility index (Phi) is 6.80. The van der Waals surface area contributed by atoms with Crippen molar-refractivity contribution >= 4 is 85.6 Å². The molecule has 0 aliphatic heterocycles. The van der Waals surface area contributed by atoms with Gasteiger partial charge in [0.15, 0.2) is 5.82 Å². The largest absolute Gasteiger partial charge is 0.308 e. The van der Waals surface area contributed by atoms with Gasteiger partial charge in [0, 0.05) is 48.6 Å². The fraction of sp³-hybridized carbons (Fsp3) is 0. The number of thiophene rings is 1. The predicted molar refractivity (Wildman–Crippen MR) is 238 cm³/mol. The van der Waals surface area contributed by atoms with E-state index in [0.717, 1.165) is 39.6 Å². The molecule has 4 heteroatoms. The van der Waals surface area contributed by atoms with Crippen LogP contribution in [0, 0.1) is 0 Å². The minimum atomic E-state index is 0.721. The highest BCUT2D eigenvalue weighted by molar-refractivity contribution is 7.27. The number of benzene rings is 9. The molecule has 56 heavy (non-hydrogen) atoms. The van der Waals surface area contributed by atoms with Crippen molar-refractivity contribution in [1.29, 1.82) is 0 Å². The summed E-state index contributed by atoms with van der Waals surface area (Å²) in [5, 5.41) is 12.7. The molecule has 12 rings (SSSR count). The Morgan fingerprint density at radius 1 is 0.357 bits per heavy atom. The zero-order valence-corrected chi connectivity index (χ0v) is 31.0. The minimum Gasteiger partial charge on any atom is -0.308 e. The van der Waals surface area contributed by atoms with Crippen LogP contribution in [-0.2, 0) is 0 Å². The minimum absolute atomic E-state index is 0.721. The smallest absolute Gasteiger partial charge is 0.160 e. The molecule has 3 aromatic heterocycles. The summed E-state index contributed by atoms with van der Waals surface area (Å²) in [4.78, 5) is 10.3. The molecule has 0 fully saturated rings. The first-order valence-electron chi connectivity index (χ1n) is 19.0. The summed E-state index contributed by atoms with van der Waals surface area (Å²) in [6.07, 6.45) is 0. The van der Waals surface area contributed by atoms with Gasteiger partial charge in [0.25, 0.3) is 0 Å². The van der Waals surface area contributed by atoms with Crippen molar-refractivity contribution < 1.29 is 0 Å². The predicted octanol–water partition coefficient (Wildman–Crippen LogP) is 14.4. The van der Waals surface area contributed by atoms with Gasteiger partial charge in [-0.15, -0.1) is 11.3 Å². The maximum atomic E-state index is 5.25. The molecule has 0 amide bonds. The van der Waals surface area contributed by atoms with Crippen molar-refractivity contribution in [1.82, 2.24) is 14.5 Å². The van der Waals surface area contributed by atoms with E-state index in [1.165, 1.54) is 74.3 Å². The first-order chi connectivity index (χ1) is 27.8. The Labute approximate surface area is 326 Å². The third-order valence-electron chi connectivity index (χ3n) is 11.4. The van der Waals surface area contributed by atoms with Crippen molar-refractivity contribution in [3.8, 4) is 39.6 Å². The third-order valence-corrected chi connectivity index (χ3v) is 12.7. The van der Waals surface area contributed by atoms with Crippen molar-refractivity contribution in [2.75, 3.05) is 0 Å². The van der Waals surface area contributed by atoms with Gasteiger partial charge in [-0.25, -0.2) is 9.97 Å². The van der Waals surface area contributed by atoms with Crippen LogP contribution in [0.25, 0.3) is 114 Å². The maximum absolute atomic E-state index is 5.25. The highest BCUT2D eigenvalue weighted by atomic mass is 32.1. The summed E-state index contributed by atoms with van der Waals surface area (Å²) < 4.78 is 4.99. The van der Waals surface area contributed by atoms with Crippen LogP contribution >= 0.6 is 11.3 Å². The number of aromatic nitrogens is 3. The van der Waals surface area contributed by atoms with Gasteiger partial charge < -0.3 is 4.57 Å². The van der Waals surface area contributed by atoms with E-state index in [4.69, 9.17) is 9.97 Å². The molecule has 12 aromatic rings. The summed E-state index contributed by atoms with van der Waals surface area (Å²) in [5.74, 6) is 0.721. The van der Waals surface area contributed by atoms with E-state index in [-0.39, 0.29) is 0 Å². The van der Waals surface area contributed by atoms with E-state index < -0.39 is 0 Å². The zero-order valence-electron chi connectivity index (χ0n) is 30.1. The van der Waals surface area contributed by atoms with Gasteiger partial charge in [-0.2, -0.15) is 0 Å². The van der Waals surface area contributed by atoms with Gasteiger partial charge in [0.2, 0.25) is 0 Å². The molecule has 0 saturated heterocycles. The lowest BCUT2D eigenvalue weighted by Gasteiger charge is -2.14. The molecule has 0 saturated carbocycles. The molecule has 3 heterocycles. The average Bonchev–Trinajstić information content (AvgIpc) is 3.83. The zero-order chi connectivity index (χ0) is 36.7. The van der Waals surface area contributed by atoms with Crippen LogP contribution in [0.2, 0.25) is 0 Å². The Balaban J connectivity index is 1.14. The molecule has 0 spiro atoms. The molecular weight excluding hydrogens is 699 g/mol. The highest BCUT2D eigenvalue weighted by Crippen LogP contribution is 2.46. The van der Waals surface area contributed by atoms with E-state index >= 15 is 0 Å². The summed E-state index contributed by atoms with van der Waals surface area (Å²) in [5.41, 5.74) is 8.60. The Hall–Kier alpha value is -7.14. The summed E-state index contributed by atoms with van der Waals surface area (Å²) in [6.45, 7) is 0. The molecule has 0 atom stereocenters. The molecule has 9 aromatic carbocycles. The quantitative estimate of drug-likeness (QED) is 0.169. The number of hydrogen-bond acceptors (Lipinski definition) is 3. The molecule has 0 unspecified atom stereocenters. The molecule has 260 valence electrons. The fourth-order valence-electron chi connectivity index (χ4n) is 8.87. The topological polar surface area (TPSA) is 30.7 Å². The molecule has 0 aliphatic rings. The number of para-hydroxylation sites is 1. The van der Waals surface area contributed by atoms with Crippen molar-refractivity contribution in [3.63, 3.8) is 0 Å². The van der Waals surface area contributed by atoms with Gasteiger partial charge in [0.1, 0.15) is 0 Å². The van der Waals surface area contributed by atoms with Crippen molar-refractivity contribution in [3.05, 3.63) is 188 Å². The molecule has 3 nitrogen and oxygen atoms in total. The molecular formula is C52H31N3S. The molecule has 0 bridgehead atoms. The first kappa shape index (κ1) is 31.2. The second kappa shape index (κ2) is 12.2. The van der Waals surface area contributed by atoms with E-state index in [9.17, 15) is 0 Å². The summed E-state index contributed by atoms with van der Waals surface area (Å²) >= 11 is 1.87. The lowest BCUT2D eigenvalue weighted by Crippen LogP contribution is -1.95. The molecule has 0 N–H and O–H groups in total. The second-order valence-corrected chi connectivity index (χ2v) is 15.5. The number of hydrogen-bond donors (Lipinski definition) is 0. The molecule has 0 radical (unpaired) electrons. The van der Waals surface area contributed by atoms with Gasteiger partial charge in [-0.3, -0.25) is 0 Å². The second-order valence-electron chi connectivity index (χ2n) is 14.5. The standard InChI is InChI=1S/C52H31N3S/c1-3-14-32(15-4-1)46-31-47(54-52(53-46)33-16-5-2-6-17-33)44-24-13-23-42-43-29-28-41-40-22-11-12-25-48(40)55(49(41)51(43)56-50(42)44)34-26-27-39-37-20-8-7-18-35(37)36-19-9-10-21-38(36)45(39)30-34/h1-31H. The fourth-order valence-corrected chi connectivity index (χ4v) is 10.2. The molecule has 0 aliphatic carbocycles. The van der Waals surface area contributed by atoms with E-state index in [1.54, 1.807) is 0 Å². The SMILES string of the molecule is c1ccc(-c2cc(-c3cccc4c3sc3c4ccc4c5ccccc5n(-c5ccc6c7ccccc7c7ccccc7c6c5)c43)nc(-c3ccccc3)n2)cc1. The third kappa shape index (κ3) is 4.63. The van der Waals surface area contributed by atoms with Crippen LogP contribution in [0.3, 0.4) is 0 Å². The van der Waals surface area contributed by atoms with Crippen LogP contribution < -0.4 is 0 Å². The van der Waals surface area contributed by atoms with E-state index in [0.29, 0.717) is 0 Å². The highest BCUT2D eigenvalue weighted by Gasteiger charge is 2.21. The van der Waals surface area contributed by atoms with Gasteiger partial charge in [0.05, 0.1) is 27.1 Å². The van der Waals surface area contributed by atoms with Crippen molar-refractivity contribution in [2.45, 2.75) is 0 Å². The lowest BCUT2D eigenvalue weighted by molar-refractivity contribution is 1.19. The number of fused-ring (bicyclic) bond motifs is 13. The normalized spacial score (nSPS) is 11.9. The van der Waals surface area contributed by atoms with Crippen LogP contribution in [0.1, 0.15) is 0 Å². The van der Waals surface area contributed by atoms with Gasteiger partial charge in [-0.05, 0) is 56.6 Å². The summed E-state index contributed by atoms with van der Waals surface area (Å²) in [7, 11) is 0. The Morgan fingerprint density at radius 3 is 1.62 bits per heavy atom. The number of rotatable bonds is 4. The van der Waals surface area contributed by atoms with Crippen LogP contribution in [0.5, 0.6) is 0 Å². The Morgan fingerprint density at radius 2 is 0.893 bits per heavy atom. The maximum Gasteiger partial charge on any atom is 0.160 e. The summed E-state index contributed by atoms with van der Waals surface area (Å²) in [6, 6.07) is 67.7. The van der Waals surface area contributed by atoms with E-state index in [2.05, 4.69) is 168 Å². The van der Waals surface area contributed by atoms with Crippen LogP contribution in [0.4, 0.5) is 0 Å². The van der Waals surface area contributed by atoms with Crippen LogP contribution in [-0.4, -0.2) is 14.5 Å². The monoisotopic (exact) mass is 729 g/mol. The Bertz CT molecular complexity index is 3430. The van der Waals surface area contributed by atoms with Gasteiger partial charge >= 0.3 is 0 Å². The van der Waals surface area contributed by atoms with Crippen molar-refractivity contribution in [2.24, 2.45) is 0 Å². The van der Waals surface area contributed by atoms with Gasteiger partial charge in [-0.1, -0.05) is 164 Å².